The summed E-state index contributed by atoms with van der Waals surface area (Å²) in [5.74, 6) is 0.202. The molecule has 0 bridgehead atoms. The maximum absolute atomic E-state index is 12.7. The highest BCUT2D eigenvalue weighted by Gasteiger charge is 2.32. The second kappa shape index (κ2) is 11.0. The molecule has 5 rings (SSSR count). The molecular formula is C29H25F3N4O4. The van der Waals surface area contributed by atoms with Crippen LogP contribution in [0.5, 0.6) is 5.75 Å². The molecule has 206 valence electrons. The van der Waals surface area contributed by atoms with Gasteiger partial charge in [0.1, 0.15) is 11.9 Å². The standard InChI is InChI=1S/C29H25F3N4O4/c1-39-27(37)24-5-4-6-25(26(24)35-15-2-3-16-35)36-17-23(18-36)40-22-13-11-21(12-14-22)34-28(38)33-20-9-7-19(8-10-20)29(30,31)32/h2-16,23H,17-18H2,1H3,(H2,33,34,38). The van der Waals surface area contributed by atoms with Crippen LogP contribution in [0.15, 0.2) is 91.3 Å². The van der Waals surface area contributed by atoms with E-state index in [1.165, 1.54) is 19.2 Å². The number of anilines is 3. The summed E-state index contributed by atoms with van der Waals surface area (Å²) in [6, 6.07) is 19.7. The van der Waals surface area contributed by atoms with E-state index in [0.29, 0.717) is 30.1 Å². The Balaban J connectivity index is 1.16. The van der Waals surface area contributed by atoms with E-state index in [-0.39, 0.29) is 11.8 Å². The number of rotatable bonds is 7. The highest BCUT2D eigenvalue weighted by atomic mass is 19.4. The van der Waals surface area contributed by atoms with Crippen molar-refractivity contribution in [3.63, 3.8) is 0 Å². The van der Waals surface area contributed by atoms with E-state index in [1.807, 2.05) is 41.2 Å². The van der Waals surface area contributed by atoms with E-state index < -0.39 is 23.7 Å². The van der Waals surface area contributed by atoms with E-state index in [1.54, 1.807) is 30.3 Å². The number of nitrogens with zero attached hydrogens (tertiary/aromatic N) is 2. The molecule has 3 aromatic carbocycles. The van der Waals surface area contributed by atoms with Gasteiger partial charge in [-0.2, -0.15) is 13.2 Å². The van der Waals surface area contributed by atoms with Gasteiger partial charge in [-0.1, -0.05) is 6.07 Å². The summed E-state index contributed by atoms with van der Waals surface area (Å²) in [4.78, 5) is 26.8. The molecule has 0 spiro atoms. The van der Waals surface area contributed by atoms with Crippen molar-refractivity contribution in [2.24, 2.45) is 0 Å². The van der Waals surface area contributed by atoms with Gasteiger partial charge in [0, 0.05) is 23.8 Å². The Morgan fingerprint density at radius 3 is 2.02 bits per heavy atom. The Bertz CT molecular complexity index is 1480. The summed E-state index contributed by atoms with van der Waals surface area (Å²) in [5, 5.41) is 5.13. The largest absolute Gasteiger partial charge is 0.487 e. The molecule has 2 N–H and O–H groups in total. The first kappa shape index (κ1) is 26.7. The van der Waals surface area contributed by atoms with Gasteiger partial charge < -0.3 is 29.6 Å². The predicted molar refractivity (Wildman–Crippen MR) is 144 cm³/mol. The molecule has 0 atom stereocenters. The Morgan fingerprint density at radius 1 is 0.850 bits per heavy atom. The molecule has 0 aliphatic carbocycles. The van der Waals surface area contributed by atoms with Gasteiger partial charge >= 0.3 is 18.2 Å². The molecule has 1 aliphatic rings. The Morgan fingerprint density at radius 2 is 1.45 bits per heavy atom. The van der Waals surface area contributed by atoms with Gasteiger partial charge in [-0.25, -0.2) is 9.59 Å². The number of urea groups is 1. The van der Waals surface area contributed by atoms with Gasteiger partial charge in [0.2, 0.25) is 0 Å². The van der Waals surface area contributed by atoms with Crippen molar-refractivity contribution >= 4 is 29.1 Å². The number of methoxy groups -OCH3 is 1. The maximum Gasteiger partial charge on any atom is 0.416 e. The molecule has 1 aromatic heterocycles. The van der Waals surface area contributed by atoms with Crippen molar-refractivity contribution in [1.29, 1.82) is 0 Å². The number of esters is 1. The van der Waals surface area contributed by atoms with Crippen molar-refractivity contribution in [2.45, 2.75) is 12.3 Å². The summed E-state index contributed by atoms with van der Waals surface area (Å²) >= 11 is 0. The van der Waals surface area contributed by atoms with Crippen LogP contribution in [-0.2, 0) is 10.9 Å². The zero-order valence-electron chi connectivity index (χ0n) is 21.3. The minimum atomic E-state index is -4.44. The number of amides is 2. The van der Waals surface area contributed by atoms with Crippen molar-refractivity contribution in [3.05, 3.63) is 102 Å². The topological polar surface area (TPSA) is 84.8 Å². The van der Waals surface area contributed by atoms with Crippen LogP contribution in [0, 0.1) is 0 Å². The van der Waals surface area contributed by atoms with Crippen molar-refractivity contribution in [2.75, 3.05) is 35.7 Å². The summed E-state index contributed by atoms with van der Waals surface area (Å²) in [6.45, 7) is 1.21. The first-order valence-electron chi connectivity index (χ1n) is 12.3. The highest BCUT2D eigenvalue weighted by molar-refractivity contribution is 5.99. The lowest BCUT2D eigenvalue weighted by Gasteiger charge is -2.41. The van der Waals surface area contributed by atoms with Crippen LogP contribution in [0.2, 0.25) is 0 Å². The third kappa shape index (κ3) is 5.88. The number of nitrogens with one attached hydrogen (secondary N) is 2. The number of aromatic nitrogens is 1. The van der Waals surface area contributed by atoms with Crippen molar-refractivity contribution in [1.82, 2.24) is 4.57 Å². The molecule has 2 amide bonds. The molecule has 0 unspecified atom stereocenters. The zero-order valence-corrected chi connectivity index (χ0v) is 21.3. The van der Waals surface area contributed by atoms with E-state index in [2.05, 4.69) is 15.5 Å². The fraction of sp³-hybridized carbons (Fsp3) is 0.172. The average molecular weight is 551 g/mol. The van der Waals surface area contributed by atoms with Crippen LogP contribution in [0.25, 0.3) is 5.69 Å². The molecule has 4 aromatic rings. The molecule has 2 heterocycles. The average Bonchev–Trinajstić information content (AvgIpc) is 3.45. The molecule has 8 nitrogen and oxygen atoms in total. The van der Waals surface area contributed by atoms with Crippen LogP contribution in [-0.4, -0.2) is 42.9 Å². The summed E-state index contributed by atoms with van der Waals surface area (Å²) in [5.41, 5.74) is 2.02. The molecule has 40 heavy (non-hydrogen) atoms. The summed E-state index contributed by atoms with van der Waals surface area (Å²) < 4.78 is 51.0. The highest BCUT2D eigenvalue weighted by Crippen LogP contribution is 2.33. The number of para-hydroxylation sites is 1. The van der Waals surface area contributed by atoms with Crippen LogP contribution in [0.1, 0.15) is 15.9 Å². The smallest absolute Gasteiger partial charge is 0.416 e. The fourth-order valence-corrected chi connectivity index (χ4v) is 4.37. The monoisotopic (exact) mass is 550 g/mol. The van der Waals surface area contributed by atoms with Crippen LogP contribution < -0.4 is 20.3 Å². The SMILES string of the molecule is COC(=O)c1cccc(N2CC(Oc3ccc(NC(=O)Nc4ccc(C(F)(F)F)cc4)cc3)C2)c1-n1cccc1. The molecule has 1 saturated heterocycles. The van der Waals surface area contributed by atoms with E-state index in [9.17, 15) is 22.8 Å². The maximum atomic E-state index is 12.7. The van der Waals surface area contributed by atoms with Crippen LogP contribution in [0.4, 0.5) is 35.0 Å². The number of benzene rings is 3. The number of alkyl halides is 3. The summed E-state index contributed by atoms with van der Waals surface area (Å²) in [7, 11) is 1.36. The first-order chi connectivity index (χ1) is 19.2. The predicted octanol–water partition coefficient (Wildman–Crippen LogP) is 6.19. The van der Waals surface area contributed by atoms with E-state index in [0.717, 1.165) is 23.5 Å². The number of hydrogen-bond acceptors (Lipinski definition) is 5. The lowest BCUT2D eigenvalue weighted by Crippen LogP contribution is -2.54. The van der Waals surface area contributed by atoms with Crippen LogP contribution >= 0.6 is 0 Å². The van der Waals surface area contributed by atoms with Gasteiger partial charge in [0.15, 0.2) is 0 Å². The lowest BCUT2D eigenvalue weighted by atomic mass is 10.1. The molecule has 1 fully saturated rings. The van der Waals surface area contributed by atoms with E-state index in [4.69, 9.17) is 9.47 Å². The molecule has 1 aliphatic heterocycles. The van der Waals surface area contributed by atoms with Crippen molar-refractivity contribution in [3.8, 4) is 11.4 Å². The minimum Gasteiger partial charge on any atom is -0.487 e. The quantitative estimate of drug-likeness (QED) is 0.268. The van der Waals surface area contributed by atoms with Gasteiger partial charge in [-0.05, 0) is 72.8 Å². The van der Waals surface area contributed by atoms with Gasteiger partial charge in [-0.3, -0.25) is 0 Å². The molecule has 0 saturated carbocycles. The van der Waals surface area contributed by atoms with Crippen molar-refractivity contribution < 1.29 is 32.2 Å². The second-order valence-corrected chi connectivity index (χ2v) is 9.08. The third-order valence-electron chi connectivity index (χ3n) is 6.36. The molecule has 11 heteroatoms. The lowest BCUT2D eigenvalue weighted by molar-refractivity contribution is -0.137. The number of carbonyl (C=O) groups is 2. The molecule has 0 radical (unpaired) electrons. The zero-order chi connectivity index (χ0) is 28.3. The number of halogens is 3. The Kier molecular flexibility index (Phi) is 7.37. The number of ether oxygens (including phenoxy) is 2. The normalized spacial score (nSPS) is 13.3. The van der Waals surface area contributed by atoms with Gasteiger partial charge in [0.05, 0.1) is 42.7 Å². The van der Waals surface area contributed by atoms with Crippen LogP contribution in [0.3, 0.4) is 0 Å². The molecular weight excluding hydrogens is 525 g/mol. The number of hydrogen-bond donors (Lipinski definition) is 2. The van der Waals surface area contributed by atoms with Gasteiger partial charge in [-0.15, -0.1) is 0 Å². The Labute approximate surface area is 227 Å². The second-order valence-electron chi connectivity index (χ2n) is 9.08. The fourth-order valence-electron chi connectivity index (χ4n) is 4.37. The third-order valence-corrected chi connectivity index (χ3v) is 6.36. The first-order valence-corrected chi connectivity index (χ1v) is 12.3. The van der Waals surface area contributed by atoms with Gasteiger partial charge in [0.25, 0.3) is 0 Å². The number of carbonyl (C=O) groups excluding carboxylic acids is 2. The Hall–Kier alpha value is -4.93. The van der Waals surface area contributed by atoms with E-state index >= 15 is 0 Å². The summed E-state index contributed by atoms with van der Waals surface area (Å²) in [6.07, 6.45) is -0.776. The minimum absolute atomic E-state index is 0.0823.